The van der Waals surface area contributed by atoms with Crippen LogP contribution in [0.4, 0.5) is 5.82 Å². The van der Waals surface area contributed by atoms with Gasteiger partial charge in [-0.25, -0.2) is 4.98 Å². The Labute approximate surface area is 111 Å². The van der Waals surface area contributed by atoms with Gasteiger partial charge in [-0.3, -0.25) is 4.79 Å². The highest BCUT2D eigenvalue weighted by Gasteiger charge is 2.30. The quantitative estimate of drug-likeness (QED) is 0.883. The van der Waals surface area contributed by atoms with Gasteiger partial charge in [-0.2, -0.15) is 0 Å². The molecule has 0 amide bonds. The minimum atomic E-state index is -0.702. The van der Waals surface area contributed by atoms with Gasteiger partial charge in [-0.15, -0.1) is 0 Å². The van der Waals surface area contributed by atoms with Crippen molar-refractivity contribution in [1.29, 1.82) is 0 Å². The first-order valence-electron chi connectivity index (χ1n) is 6.54. The van der Waals surface area contributed by atoms with Crippen LogP contribution in [0.3, 0.4) is 0 Å². The van der Waals surface area contributed by atoms with E-state index in [4.69, 9.17) is 5.11 Å². The van der Waals surface area contributed by atoms with E-state index < -0.39 is 5.97 Å². The molecule has 0 unspecified atom stereocenters. The van der Waals surface area contributed by atoms with E-state index in [0.29, 0.717) is 12.0 Å². The fourth-order valence-electron chi connectivity index (χ4n) is 2.70. The number of nitrogens with zero attached hydrogens (tertiary/aromatic N) is 1. The van der Waals surface area contributed by atoms with Crippen molar-refractivity contribution in [1.82, 2.24) is 4.98 Å². The summed E-state index contributed by atoms with van der Waals surface area (Å²) in [5.41, 5.74) is 0. The van der Waals surface area contributed by atoms with E-state index in [1.807, 2.05) is 18.2 Å². The number of benzene rings is 1. The normalized spacial score (nSPS) is 21.9. The Hall–Kier alpha value is -2.10. The molecule has 1 aliphatic carbocycles. The van der Waals surface area contributed by atoms with E-state index in [0.717, 1.165) is 24.0 Å². The SMILES string of the molecule is O=C(O)CC1CC(Nc2nccc3ccccc23)C1. The number of nitrogens with one attached hydrogen (secondary N) is 1. The van der Waals surface area contributed by atoms with Crippen LogP contribution in [0.1, 0.15) is 19.3 Å². The third-order valence-electron chi connectivity index (χ3n) is 3.71. The minimum Gasteiger partial charge on any atom is -0.481 e. The van der Waals surface area contributed by atoms with Crippen LogP contribution in [-0.4, -0.2) is 22.1 Å². The van der Waals surface area contributed by atoms with E-state index in [1.165, 1.54) is 5.39 Å². The van der Waals surface area contributed by atoms with Crippen LogP contribution in [0.15, 0.2) is 36.5 Å². The summed E-state index contributed by atoms with van der Waals surface area (Å²) in [6.07, 6.45) is 3.91. The van der Waals surface area contributed by atoms with E-state index in [-0.39, 0.29) is 6.42 Å². The maximum atomic E-state index is 10.6. The lowest BCUT2D eigenvalue weighted by molar-refractivity contribution is -0.138. The van der Waals surface area contributed by atoms with Crippen LogP contribution in [0.25, 0.3) is 10.8 Å². The van der Waals surface area contributed by atoms with E-state index in [1.54, 1.807) is 6.20 Å². The largest absolute Gasteiger partial charge is 0.481 e. The van der Waals surface area contributed by atoms with E-state index >= 15 is 0 Å². The van der Waals surface area contributed by atoms with Crippen LogP contribution >= 0.6 is 0 Å². The first-order valence-corrected chi connectivity index (χ1v) is 6.54. The zero-order valence-corrected chi connectivity index (χ0v) is 10.5. The molecule has 98 valence electrons. The Bertz CT molecular complexity index is 601. The Kier molecular flexibility index (Phi) is 3.07. The maximum absolute atomic E-state index is 10.6. The molecule has 0 bridgehead atoms. The highest BCUT2D eigenvalue weighted by Crippen LogP contribution is 2.33. The second-order valence-electron chi connectivity index (χ2n) is 5.16. The standard InChI is InChI=1S/C15H16N2O2/c18-14(19)9-10-7-12(8-10)17-15-13-4-2-1-3-11(13)5-6-16-15/h1-6,10,12H,7-9H2,(H,16,17)(H,18,19). The Morgan fingerprint density at radius 3 is 2.89 bits per heavy atom. The third kappa shape index (κ3) is 2.52. The van der Waals surface area contributed by atoms with Crippen molar-refractivity contribution >= 4 is 22.6 Å². The number of aliphatic carboxylic acids is 1. The summed E-state index contributed by atoms with van der Waals surface area (Å²) in [5, 5.41) is 14.4. The summed E-state index contributed by atoms with van der Waals surface area (Å²) in [6.45, 7) is 0. The molecule has 1 saturated carbocycles. The van der Waals surface area contributed by atoms with Crippen molar-refractivity contribution < 1.29 is 9.90 Å². The van der Waals surface area contributed by atoms with Crippen molar-refractivity contribution in [3.8, 4) is 0 Å². The van der Waals surface area contributed by atoms with Crippen molar-refractivity contribution in [2.45, 2.75) is 25.3 Å². The maximum Gasteiger partial charge on any atom is 0.303 e. The number of rotatable bonds is 4. The number of hydrogen-bond acceptors (Lipinski definition) is 3. The monoisotopic (exact) mass is 256 g/mol. The van der Waals surface area contributed by atoms with Crippen molar-refractivity contribution in [3.05, 3.63) is 36.5 Å². The highest BCUT2D eigenvalue weighted by molar-refractivity contribution is 5.91. The molecule has 3 rings (SSSR count). The summed E-state index contributed by atoms with van der Waals surface area (Å²) in [5.74, 6) is 0.508. The van der Waals surface area contributed by atoms with Crippen LogP contribution in [0, 0.1) is 5.92 Å². The lowest BCUT2D eigenvalue weighted by atomic mass is 9.78. The first kappa shape index (κ1) is 12.0. The Morgan fingerprint density at radius 2 is 2.11 bits per heavy atom. The van der Waals surface area contributed by atoms with Gasteiger partial charge in [0.15, 0.2) is 0 Å². The molecule has 1 aromatic heterocycles. The van der Waals surface area contributed by atoms with Gasteiger partial charge in [-0.1, -0.05) is 24.3 Å². The van der Waals surface area contributed by atoms with E-state index in [2.05, 4.69) is 22.4 Å². The molecule has 0 atom stereocenters. The summed E-state index contributed by atoms with van der Waals surface area (Å²) >= 11 is 0. The molecule has 1 aliphatic rings. The minimum absolute atomic E-state index is 0.279. The molecule has 0 spiro atoms. The first-order chi connectivity index (χ1) is 9.22. The highest BCUT2D eigenvalue weighted by atomic mass is 16.4. The fraction of sp³-hybridized carbons (Fsp3) is 0.333. The van der Waals surface area contributed by atoms with Gasteiger partial charge in [0.25, 0.3) is 0 Å². The number of aromatic nitrogens is 1. The molecule has 1 aromatic carbocycles. The molecule has 0 saturated heterocycles. The predicted molar refractivity (Wildman–Crippen MR) is 74.1 cm³/mol. The van der Waals surface area contributed by atoms with Gasteiger partial charge >= 0.3 is 5.97 Å². The van der Waals surface area contributed by atoms with Gasteiger partial charge in [0.2, 0.25) is 0 Å². The number of fused-ring (bicyclic) bond motifs is 1. The van der Waals surface area contributed by atoms with Gasteiger partial charge in [-0.05, 0) is 30.2 Å². The molecular formula is C15H16N2O2. The average molecular weight is 256 g/mol. The smallest absolute Gasteiger partial charge is 0.303 e. The zero-order chi connectivity index (χ0) is 13.2. The average Bonchev–Trinajstić information content (AvgIpc) is 2.36. The number of anilines is 1. The van der Waals surface area contributed by atoms with Crippen LogP contribution in [-0.2, 0) is 4.79 Å². The number of hydrogen-bond donors (Lipinski definition) is 2. The van der Waals surface area contributed by atoms with Gasteiger partial charge < -0.3 is 10.4 Å². The van der Waals surface area contributed by atoms with Gasteiger partial charge in [0, 0.05) is 24.0 Å². The molecule has 0 aliphatic heterocycles. The molecule has 4 heteroatoms. The van der Waals surface area contributed by atoms with Crippen molar-refractivity contribution in [2.75, 3.05) is 5.32 Å². The summed E-state index contributed by atoms with van der Waals surface area (Å²) in [7, 11) is 0. The summed E-state index contributed by atoms with van der Waals surface area (Å²) < 4.78 is 0. The zero-order valence-electron chi connectivity index (χ0n) is 10.5. The summed E-state index contributed by atoms with van der Waals surface area (Å²) in [6, 6.07) is 10.5. The van der Waals surface area contributed by atoms with Crippen LogP contribution < -0.4 is 5.32 Å². The van der Waals surface area contributed by atoms with Crippen LogP contribution in [0.2, 0.25) is 0 Å². The molecule has 1 fully saturated rings. The summed E-state index contributed by atoms with van der Waals surface area (Å²) in [4.78, 5) is 15.0. The lowest BCUT2D eigenvalue weighted by Crippen LogP contribution is -2.36. The van der Waals surface area contributed by atoms with Gasteiger partial charge in [0.1, 0.15) is 5.82 Å². The van der Waals surface area contributed by atoms with E-state index in [9.17, 15) is 4.79 Å². The Morgan fingerprint density at radius 1 is 1.32 bits per heavy atom. The predicted octanol–water partition coefficient (Wildman–Crippen LogP) is 2.90. The number of carbonyl (C=O) groups is 1. The fourth-order valence-corrected chi connectivity index (χ4v) is 2.70. The molecular weight excluding hydrogens is 240 g/mol. The van der Waals surface area contributed by atoms with Crippen LogP contribution in [0.5, 0.6) is 0 Å². The number of carboxylic acids is 1. The van der Waals surface area contributed by atoms with Crippen molar-refractivity contribution in [2.24, 2.45) is 5.92 Å². The van der Waals surface area contributed by atoms with Crippen molar-refractivity contribution in [3.63, 3.8) is 0 Å². The lowest BCUT2D eigenvalue weighted by Gasteiger charge is -2.35. The molecule has 4 nitrogen and oxygen atoms in total. The van der Waals surface area contributed by atoms with Gasteiger partial charge in [0.05, 0.1) is 0 Å². The Balaban J connectivity index is 1.69. The number of carboxylic acid groups (broad SMARTS) is 1. The molecule has 1 heterocycles. The molecule has 0 radical (unpaired) electrons. The molecule has 2 aromatic rings. The second kappa shape index (κ2) is 4.88. The molecule has 19 heavy (non-hydrogen) atoms. The second-order valence-corrected chi connectivity index (χ2v) is 5.16. The topological polar surface area (TPSA) is 62.2 Å². The molecule has 2 N–H and O–H groups in total. The number of pyridine rings is 1. The third-order valence-corrected chi connectivity index (χ3v) is 3.71.